The maximum atomic E-state index is 12.6. The first kappa shape index (κ1) is 21.5. The minimum Gasteiger partial charge on any atom is -0.331 e. The summed E-state index contributed by atoms with van der Waals surface area (Å²) in [6.45, 7) is 5.58. The first-order valence-electron chi connectivity index (χ1n) is 9.91. The second-order valence-corrected chi connectivity index (χ2v) is 7.59. The highest BCUT2D eigenvalue weighted by molar-refractivity contribution is 7.80. The van der Waals surface area contributed by atoms with Gasteiger partial charge in [-0.3, -0.25) is 20.4 Å². The van der Waals surface area contributed by atoms with E-state index in [2.05, 4.69) is 23.1 Å². The van der Waals surface area contributed by atoms with E-state index in [0.29, 0.717) is 5.11 Å². The van der Waals surface area contributed by atoms with E-state index in [0.717, 1.165) is 34.4 Å². The Morgan fingerprint density at radius 1 is 1.10 bits per heavy atom. The van der Waals surface area contributed by atoms with Crippen molar-refractivity contribution in [1.29, 1.82) is 0 Å². The van der Waals surface area contributed by atoms with Crippen LogP contribution >= 0.6 is 12.2 Å². The molecule has 30 heavy (non-hydrogen) atoms. The van der Waals surface area contributed by atoms with E-state index in [9.17, 15) is 9.59 Å². The van der Waals surface area contributed by atoms with Gasteiger partial charge in [-0.25, -0.2) is 0 Å². The van der Waals surface area contributed by atoms with Crippen molar-refractivity contribution in [2.75, 3.05) is 5.32 Å². The van der Waals surface area contributed by atoms with Crippen LogP contribution in [0.3, 0.4) is 0 Å². The number of hydrogen-bond acceptors (Lipinski definition) is 3. The zero-order valence-electron chi connectivity index (χ0n) is 17.4. The maximum Gasteiger partial charge on any atom is 0.240 e. The fraction of sp³-hybridized carbons (Fsp3) is 0.261. The van der Waals surface area contributed by atoms with Gasteiger partial charge in [0, 0.05) is 18.8 Å². The van der Waals surface area contributed by atoms with Gasteiger partial charge >= 0.3 is 0 Å². The number of rotatable bonds is 4. The van der Waals surface area contributed by atoms with Gasteiger partial charge in [-0.15, -0.1) is 0 Å². The molecular weight excluding hydrogens is 396 g/mol. The van der Waals surface area contributed by atoms with Gasteiger partial charge in [0.15, 0.2) is 5.11 Å². The summed E-state index contributed by atoms with van der Waals surface area (Å²) in [6.07, 6.45) is 4.60. The first-order valence-corrected chi connectivity index (χ1v) is 10.3. The number of thiocarbonyl (C=S) groups is 1. The zero-order chi connectivity index (χ0) is 21.7. The molecule has 3 rings (SSSR count). The Morgan fingerprint density at radius 2 is 1.87 bits per heavy atom. The van der Waals surface area contributed by atoms with Gasteiger partial charge in [0.2, 0.25) is 11.8 Å². The molecule has 1 aliphatic heterocycles. The predicted molar refractivity (Wildman–Crippen MR) is 123 cm³/mol. The third-order valence-electron chi connectivity index (χ3n) is 5.14. The predicted octanol–water partition coefficient (Wildman–Crippen LogP) is 3.84. The number of anilines is 1. The molecule has 0 aliphatic carbocycles. The van der Waals surface area contributed by atoms with Crippen LogP contribution in [-0.2, 0) is 16.0 Å². The fourth-order valence-electron chi connectivity index (χ4n) is 3.61. The molecule has 0 unspecified atom stereocenters. The van der Waals surface area contributed by atoms with Crippen molar-refractivity contribution in [3.63, 3.8) is 0 Å². The number of nitrogens with zero attached hydrogens (tertiary/aromatic N) is 1. The largest absolute Gasteiger partial charge is 0.331 e. The molecule has 0 bridgehead atoms. The van der Waals surface area contributed by atoms with Crippen molar-refractivity contribution in [1.82, 2.24) is 15.8 Å². The number of para-hydroxylation sites is 1. The highest BCUT2D eigenvalue weighted by Gasteiger charge is 2.28. The Hall–Kier alpha value is -3.19. The molecule has 1 atom stereocenters. The first-order chi connectivity index (χ1) is 14.4. The molecule has 2 aromatic carbocycles. The van der Waals surface area contributed by atoms with Crippen LogP contribution in [0, 0.1) is 6.92 Å². The van der Waals surface area contributed by atoms with Gasteiger partial charge in [0.05, 0.1) is 12.5 Å². The molecule has 0 aromatic heterocycles. The Labute approximate surface area is 182 Å². The molecule has 0 saturated heterocycles. The smallest absolute Gasteiger partial charge is 0.240 e. The van der Waals surface area contributed by atoms with Gasteiger partial charge in [0.1, 0.15) is 0 Å². The summed E-state index contributed by atoms with van der Waals surface area (Å²) in [4.78, 5) is 26.3. The summed E-state index contributed by atoms with van der Waals surface area (Å²) < 4.78 is 0. The third-order valence-corrected chi connectivity index (χ3v) is 5.35. The minimum atomic E-state index is -0.366. The van der Waals surface area contributed by atoms with Crippen LogP contribution in [0.1, 0.15) is 48.6 Å². The van der Waals surface area contributed by atoms with E-state index in [1.165, 1.54) is 6.92 Å². The summed E-state index contributed by atoms with van der Waals surface area (Å²) in [6, 6.07) is 13.4. The number of carbonyl (C=O) groups is 2. The quantitative estimate of drug-likeness (QED) is 0.516. The van der Waals surface area contributed by atoms with Crippen molar-refractivity contribution in [2.24, 2.45) is 0 Å². The molecule has 3 N–H and O–H groups in total. The topological polar surface area (TPSA) is 73.5 Å². The van der Waals surface area contributed by atoms with Gasteiger partial charge in [-0.1, -0.05) is 49.4 Å². The molecule has 156 valence electrons. The lowest BCUT2D eigenvalue weighted by atomic mass is 9.93. The number of aryl methyl sites for hydroxylation is 2. The zero-order valence-corrected chi connectivity index (χ0v) is 18.2. The fourth-order valence-corrected chi connectivity index (χ4v) is 3.77. The number of carbonyl (C=O) groups excluding carboxylic acids is 2. The van der Waals surface area contributed by atoms with Crippen LogP contribution in [-0.4, -0.2) is 21.8 Å². The average molecular weight is 423 g/mol. The lowest BCUT2D eigenvalue weighted by Gasteiger charge is -2.32. The molecular formula is C23H26N4O2S. The Bertz CT molecular complexity index is 1000. The molecule has 0 spiro atoms. The van der Waals surface area contributed by atoms with Crippen molar-refractivity contribution < 1.29 is 9.59 Å². The molecule has 1 heterocycles. The number of hydrazine groups is 1. The summed E-state index contributed by atoms with van der Waals surface area (Å²) in [7, 11) is 0. The average Bonchev–Trinajstić information content (AvgIpc) is 2.73. The van der Waals surface area contributed by atoms with Gasteiger partial charge in [-0.05, 0) is 53.9 Å². The van der Waals surface area contributed by atoms with Crippen LogP contribution in [0.5, 0.6) is 0 Å². The van der Waals surface area contributed by atoms with Crippen LogP contribution < -0.4 is 16.2 Å². The lowest BCUT2D eigenvalue weighted by molar-refractivity contribution is -0.130. The van der Waals surface area contributed by atoms with Crippen molar-refractivity contribution in [2.45, 2.75) is 39.7 Å². The van der Waals surface area contributed by atoms with Crippen molar-refractivity contribution in [3.8, 4) is 0 Å². The Morgan fingerprint density at radius 3 is 2.60 bits per heavy atom. The van der Waals surface area contributed by atoms with Crippen LogP contribution in [0.2, 0.25) is 0 Å². The third kappa shape index (κ3) is 4.86. The van der Waals surface area contributed by atoms with Gasteiger partial charge in [-0.2, -0.15) is 0 Å². The van der Waals surface area contributed by atoms with Gasteiger partial charge in [0.25, 0.3) is 0 Å². The maximum absolute atomic E-state index is 12.6. The molecule has 6 nitrogen and oxygen atoms in total. The van der Waals surface area contributed by atoms with Gasteiger partial charge < -0.3 is 10.2 Å². The SMILES string of the molecule is CCc1cccc(C)c1NC(=S)NNC(=O)C[C@H]1c2ccccc2C=CN1C(C)=O. The molecule has 1 aliphatic rings. The molecule has 2 aromatic rings. The van der Waals surface area contributed by atoms with E-state index in [1.807, 2.05) is 55.5 Å². The molecule has 0 radical (unpaired) electrons. The van der Waals surface area contributed by atoms with Crippen LogP contribution in [0.4, 0.5) is 5.69 Å². The minimum absolute atomic E-state index is 0.112. The number of nitrogens with one attached hydrogen (secondary N) is 3. The molecule has 0 fully saturated rings. The lowest BCUT2D eigenvalue weighted by Crippen LogP contribution is -2.45. The van der Waals surface area contributed by atoms with Crippen molar-refractivity contribution in [3.05, 3.63) is 70.9 Å². The number of benzene rings is 2. The van der Waals surface area contributed by atoms with E-state index in [-0.39, 0.29) is 24.3 Å². The molecule has 7 heteroatoms. The summed E-state index contributed by atoms with van der Waals surface area (Å²) in [5.74, 6) is -0.378. The van der Waals surface area contributed by atoms with Crippen molar-refractivity contribution >= 4 is 40.9 Å². The molecule has 0 saturated carbocycles. The number of fused-ring (bicyclic) bond motifs is 1. The molecule has 2 amide bonds. The second kappa shape index (κ2) is 9.54. The Balaban J connectivity index is 1.63. The van der Waals surface area contributed by atoms with E-state index in [4.69, 9.17) is 12.2 Å². The standard InChI is InChI=1S/C23H26N4O2S/c1-4-17-10-7-8-15(2)22(17)24-23(30)26-25-21(29)14-20-19-11-6-5-9-18(19)12-13-27(20)16(3)28/h5-13,20H,4,14H2,1-3H3,(H,25,29)(H2,24,26,30)/t20-/m0/s1. The summed E-state index contributed by atoms with van der Waals surface area (Å²) in [5, 5.41) is 3.47. The highest BCUT2D eigenvalue weighted by Crippen LogP contribution is 2.32. The number of amides is 2. The van der Waals surface area contributed by atoms with E-state index in [1.54, 1.807) is 11.1 Å². The summed E-state index contributed by atoms with van der Waals surface area (Å²) in [5.41, 5.74) is 10.5. The van der Waals surface area contributed by atoms with E-state index >= 15 is 0 Å². The van der Waals surface area contributed by atoms with Crippen LogP contribution in [0.15, 0.2) is 48.7 Å². The normalized spacial score (nSPS) is 14.6. The Kier molecular flexibility index (Phi) is 6.84. The van der Waals surface area contributed by atoms with E-state index < -0.39 is 0 Å². The second-order valence-electron chi connectivity index (χ2n) is 7.18. The highest BCUT2D eigenvalue weighted by atomic mass is 32.1. The summed E-state index contributed by atoms with van der Waals surface area (Å²) >= 11 is 5.34. The monoisotopic (exact) mass is 422 g/mol. The number of hydrogen-bond donors (Lipinski definition) is 3. The van der Waals surface area contributed by atoms with Crippen LogP contribution in [0.25, 0.3) is 6.08 Å².